The summed E-state index contributed by atoms with van der Waals surface area (Å²) < 4.78 is 14.4. The minimum absolute atomic E-state index is 0.255. The second kappa shape index (κ2) is 9.41. The smallest absolute Gasteiger partial charge is 0.225 e. The molecule has 1 aliphatic rings. The summed E-state index contributed by atoms with van der Waals surface area (Å²) in [6.45, 7) is 1.56. The molecule has 0 atom stereocenters. The number of aromatic nitrogens is 3. The number of nitrogens with zero attached hydrogens (tertiary/aromatic N) is 5. The molecule has 0 amide bonds. The number of aliphatic hydroxyl groups is 1. The van der Waals surface area contributed by atoms with E-state index in [9.17, 15) is 9.50 Å². The molecule has 0 aliphatic carbocycles. The molecule has 154 valence electrons. The Bertz CT molecular complexity index is 1000. The number of anilines is 1. The molecule has 0 unspecified atom stereocenters. The van der Waals surface area contributed by atoms with Crippen LogP contribution in [0, 0.1) is 5.82 Å². The van der Waals surface area contributed by atoms with E-state index in [0.717, 1.165) is 37.2 Å². The van der Waals surface area contributed by atoms with Gasteiger partial charge in [0.15, 0.2) is 0 Å². The molecule has 0 radical (unpaired) electrons. The van der Waals surface area contributed by atoms with Crippen LogP contribution >= 0.6 is 0 Å². The van der Waals surface area contributed by atoms with Gasteiger partial charge in [-0.1, -0.05) is 23.4 Å². The van der Waals surface area contributed by atoms with Crippen molar-refractivity contribution in [3.63, 3.8) is 0 Å². The molecular weight excluding hydrogens is 385 g/mol. The maximum Gasteiger partial charge on any atom is 0.225 e. The lowest BCUT2D eigenvalue weighted by atomic mass is 10.1. The zero-order valence-electron chi connectivity index (χ0n) is 16.4. The molecular formula is C22H22FN5O2. The molecule has 4 rings (SSSR count). The van der Waals surface area contributed by atoms with Gasteiger partial charge in [0, 0.05) is 67.4 Å². The molecule has 7 nitrogen and oxygen atoms in total. The average molecular weight is 407 g/mol. The molecule has 0 spiro atoms. The number of halogens is 1. The summed E-state index contributed by atoms with van der Waals surface area (Å²) in [5, 5.41) is 13.5. The van der Waals surface area contributed by atoms with Crippen LogP contribution in [0.5, 0.6) is 0 Å². The van der Waals surface area contributed by atoms with Crippen molar-refractivity contribution >= 4 is 11.7 Å². The first-order valence-corrected chi connectivity index (χ1v) is 9.77. The highest BCUT2D eigenvalue weighted by molar-refractivity contribution is 5.86. The second-order valence-corrected chi connectivity index (χ2v) is 6.98. The van der Waals surface area contributed by atoms with Crippen LogP contribution in [0.3, 0.4) is 0 Å². The third-order valence-corrected chi connectivity index (χ3v) is 5.00. The van der Waals surface area contributed by atoms with Crippen LogP contribution in [0.25, 0.3) is 11.1 Å². The monoisotopic (exact) mass is 407 g/mol. The van der Waals surface area contributed by atoms with Crippen molar-refractivity contribution < 1.29 is 14.3 Å². The summed E-state index contributed by atoms with van der Waals surface area (Å²) in [5.41, 5.74) is 3.26. The standard InChI is InChI=1S/C22H22FN5O2/c23-21-17(14-29)2-1-3-20(21)18-12-25-22(26-13-18)28-10-6-19(7-11-28)27-30-15-16-4-8-24-9-5-16/h1-5,8-9,12-13,29H,6-7,10-11,14-15H2. The second-order valence-electron chi connectivity index (χ2n) is 6.98. The maximum atomic E-state index is 14.4. The molecule has 1 fully saturated rings. The van der Waals surface area contributed by atoms with Crippen LogP contribution in [-0.2, 0) is 18.1 Å². The van der Waals surface area contributed by atoms with E-state index in [1.807, 2.05) is 12.1 Å². The van der Waals surface area contributed by atoms with Crippen LogP contribution < -0.4 is 4.90 Å². The van der Waals surface area contributed by atoms with E-state index in [1.54, 1.807) is 43.0 Å². The lowest BCUT2D eigenvalue weighted by Crippen LogP contribution is -2.35. The average Bonchev–Trinajstić information content (AvgIpc) is 2.81. The lowest BCUT2D eigenvalue weighted by molar-refractivity contribution is 0.129. The van der Waals surface area contributed by atoms with Crippen molar-refractivity contribution in [3.05, 3.63) is 72.1 Å². The molecule has 30 heavy (non-hydrogen) atoms. The Labute approximate surface area is 173 Å². The molecule has 0 saturated carbocycles. The van der Waals surface area contributed by atoms with Gasteiger partial charge in [-0.25, -0.2) is 14.4 Å². The summed E-state index contributed by atoms with van der Waals surface area (Å²) >= 11 is 0. The number of hydrogen-bond donors (Lipinski definition) is 1. The number of aliphatic hydroxyl groups excluding tert-OH is 1. The van der Waals surface area contributed by atoms with E-state index in [1.165, 1.54) is 0 Å². The Morgan fingerprint density at radius 1 is 1.07 bits per heavy atom. The van der Waals surface area contributed by atoms with Gasteiger partial charge < -0.3 is 14.8 Å². The normalized spacial score (nSPS) is 13.9. The van der Waals surface area contributed by atoms with Crippen LogP contribution in [0.4, 0.5) is 10.3 Å². The number of pyridine rings is 1. The summed E-state index contributed by atoms with van der Waals surface area (Å²) in [6, 6.07) is 8.72. The largest absolute Gasteiger partial charge is 0.392 e. The van der Waals surface area contributed by atoms with E-state index in [4.69, 9.17) is 4.84 Å². The Hall–Kier alpha value is -3.39. The van der Waals surface area contributed by atoms with Crippen molar-refractivity contribution in [3.8, 4) is 11.1 Å². The molecule has 1 aromatic carbocycles. The Kier molecular flexibility index (Phi) is 6.24. The molecule has 1 N–H and O–H groups in total. The maximum absolute atomic E-state index is 14.4. The van der Waals surface area contributed by atoms with Crippen molar-refractivity contribution in [2.45, 2.75) is 26.1 Å². The highest BCUT2D eigenvalue weighted by Crippen LogP contribution is 2.25. The van der Waals surface area contributed by atoms with Gasteiger partial charge in [0.25, 0.3) is 0 Å². The fraction of sp³-hybridized carbons (Fsp3) is 0.273. The van der Waals surface area contributed by atoms with Crippen molar-refractivity contribution in [1.29, 1.82) is 0 Å². The van der Waals surface area contributed by atoms with Gasteiger partial charge in [0.1, 0.15) is 12.4 Å². The summed E-state index contributed by atoms with van der Waals surface area (Å²) in [5.74, 6) is 0.163. The van der Waals surface area contributed by atoms with Crippen LogP contribution in [0.15, 0.2) is 60.3 Å². The third kappa shape index (κ3) is 4.60. The van der Waals surface area contributed by atoms with E-state index >= 15 is 0 Å². The summed E-state index contributed by atoms with van der Waals surface area (Å²) in [4.78, 5) is 20.3. The van der Waals surface area contributed by atoms with Gasteiger partial charge in [0.2, 0.25) is 5.95 Å². The Morgan fingerprint density at radius 2 is 1.80 bits per heavy atom. The minimum Gasteiger partial charge on any atom is -0.392 e. The summed E-state index contributed by atoms with van der Waals surface area (Å²) in [7, 11) is 0. The van der Waals surface area contributed by atoms with Crippen molar-refractivity contribution in [2.75, 3.05) is 18.0 Å². The molecule has 2 aromatic heterocycles. The van der Waals surface area contributed by atoms with Gasteiger partial charge in [-0.3, -0.25) is 4.98 Å². The van der Waals surface area contributed by atoms with E-state index < -0.39 is 5.82 Å². The first-order chi connectivity index (χ1) is 14.7. The van der Waals surface area contributed by atoms with Crippen LogP contribution in [0.2, 0.25) is 0 Å². The zero-order chi connectivity index (χ0) is 20.8. The number of oxime groups is 1. The van der Waals surface area contributed by atoms with Crippen molar-refractivity contribution in [1.82, 2.24) is 15.0 Å². The van der Waals surface area contributed by atoms with Gasteiger partial charge >= 0.3 is 0 Å². The fourth-order valence-corrected chi connectivity index (χ4v) is 3.28. The molecule has 0 bridgehead atoms. The van der Waals surface area contributed by atoms with E-state index in [-0.39, 0.29) is 12.2 Å². The predicted molar refractivity (Wildman–Crippen MR) is 111 cm³/mol. The molecule has 3 heterocycles. The molecule has 3 aromatic rings. The first-order valence-electron chi connectivity index (χ1n) is 9.77. The lowest BCUT2D eigenvalue weighted by Gasteiger charge is -2.27. The molecule has 8 heteroatoms. The Morgan fingerprint density at radius 3 is 2.50 bits per heavy atom. The molecule has 1 saturated heterocycles. The number of piperidine rings is 1. The van der Waals surface area contributed by atoms with Crippen LogP contribution in [0.1, 0.15) is 24.0 Å². The number of benzene rings is 1. The quantitative estimate of drug-likeness (QED) is 0.631. The SMILES string of the molecule is OCc1cccc(-c2cnc(N3CCC(=NOCc4ccncc4)CC3)nc2)c1F. The molecule has 1 aliphatic heterocycles. The fourth-order valence-electron chi connectivity index (χ4n) is 3.28. The number of rotatable bonds is 6. The third-order valence-electron chi connectivity index (χ3n) is 5.00. The number of hydrogen-bond acceptors (Lipinski definition) is 7. The minimum atomic E-state index is -0.443. The topological polar surface area (TPSA) is 83.7 Å². The first kappa shape index (κ1) is 19.9. The zero-order valence-corrected chi connectivity index (χ0v) is 16.4. The van der Waals surface area contributed by atoms with Gasteiger partial charge in [-0.05, 0) is 17.7 Å². The van der Waals surface area contributed by atoms with E-state index in [2.05, 4.69) is 25.0 Å². The summed E-state index contributed by atoms with van der Waals surface area (Å²) in [6.07, 6.45) is 8.23. The van der Waals surface area contributed by atoms with Gasteiger partial charge in [-0.2, -0.15) is 0 Å². The highest BCUT2D eigenvalue weighted by Gasteiger charge is 2.18. The van der Waals surface area contributed by atoms with Crippen LogP contribution in [-0.4, -0.2) is 38.9 Å². The predicted octanol–water partition coefficient (Wildman–Crippen LogP) is 3.34. The van der Waals surface area contributed by atoms with Gasteiger partial charge in [0.05, 0.1) is 12.3 Å². The Balaban J connectivity index is 1.34. The van der Waals surface area contributed by atoms with Gasteiger partial charge in [-0.15, -0.1) is 0 Å². The highest BCUT2D eigenvalue weighted by atomic mass is 19.1. The van der Waals surface area contributed by atoms with E-state index in [0.29, 0.717) is 23.7 Å². The van der Waals surface area contributed by atoms with Crippen molar-refractivity contribution in [2.24, 2.45) is 5.16 Å².